The van der Waals surface area contributed by atoms with Crippen LogP contribution in [0.25, 0.3) is 5.69 Å². The van der Waals surface area contributed by atoms with Gasteiger partial charge in [-0.25, -0.2) is 4.68 Å². The van der Waals surface area contributed by atoms with Crippen LogP contribution in [0.15, 0.2) is 48.7 Å². The Hall–Kier alpha value is -3.89. The Morgan fingerprint density at radius 1 is 1.10 bits per heavy atom. The topological polar surface area (TPSA) is 98.1 Å². The van der Waals surface area contributed by atoms with Gasteiger partial charge in [0.15, 0.2) is 5.69 Å². The van der Waals surface area contributed by atoms with Gasteiger partial charge >= 0.3 is 6.18 Å². The number of ether oxygens (including phenoxy) is 1. The molecule has 0 aliphatic heterocycles. The number of hydrogen-bond acceptors (Lipinski definition) is 5. The number of nitrogens with zero attached hydrogens (tertiary/aromatic N) is 3. The number of nitrogens with one attached hydrogen (secondary N) is 2. The van der Waals surface area contributed by atoms with Gasteiger partial charge in [-0.2, -0.15) is 13.2 Å². The predicted molar refractivity (Wildman–Crippen MR) is 101 cm³/mol. The first kappa shape index (κ1) is 20.8. The maximum absolute atomic E-state index is 13.2. The number of halogens is 3. The van der Waals surface area contributed by atoms with E-state index in [9.17, 15) is 22.8 Å². The number of amides is 2. The molecule has 1 heterocycles. The van der Waals surface area contributed by atoms with Crippen LogP contribution in [0.4, 0.5) is 18.9 Å². The van der Waals surface area contributed by atoms with Crippen molar-refractivity contribution in [2.75, 3.05) is 19.5 Å². The Balaban J connectivity index is 1.89. The number of aromatic nitrogens is 3. The van der Waals surface area contributed by atoms with E-state index in [4.69, 9.17) is 4.74 Å². The Morgan fingerprint density at radius 3 is 2.50 bits per heavy atom. The average Bonchev–Trinajstić information content (AvgIpc) is 3.23. The van der Waals surface area contributed by atoms with Gasteiger partial charge < -0.3 is 15.4 Å². The van der Waals surface area contributed by atoms with Crippen molar-refractivity contribution in [2.24, 2.45) is 0 Å². The number of alkyl halides is 3. The van der Waals surface area contributed by atoms with Crippen LogP contribution in [0.5, 0.6) is 5.75 Å². The molecule has 3 aromatic rings. The second-order valence-corrected chi connectivity index (χ2v) is 6.01. The summed E-state index contributed by atoms with van der Waals surface area (Å²) in [6.45, 7) is 0. The zero-order valence-electron chi connectivity index (χ0n) is 15.8. The molecule has 2 N–H and O–H groups in total. The van der Waals surface area contributed by atoms with Crippen molar-refractivity contribution >= 4 is 17.5 Å². The molecule has 0 unspecified atom stereocenters. The van der Waals surface area contributed by atoms with Crippen LogP contribution >= 0.6 is 0 Å². The van der Waals surface area contributed by atoms with Crippen LogP contribution in [0.2, 0.25) is 0 Å². The van der Waals surface area contributed by atoms with Gasteiger partial charge in [0.25, 0.3) is 11.8 Å². The summed E-state index contributed by atoms with van der Waals surface area (Å²) in [6, 6.07) is 9.21. The van der Waals surface area contributed by atoms with Crippen molar-refractivity contribution in [3.8, 4) is 11.4 Å². The number of anilines is 1. The van der Waals surface area contributed by atoms with Gasteiger partial charge in [0, 0.05) is 12.6 Å². The highest BCUT2D eigenvalue weighted by Crippen LogP contribution is 2.33. The fourth-order valence-corrected chi connectivity index (χ4v) is 2.68. The number of para-hydroxylation sites is 1. The summed E-state index contributed by atoms with van der Waals surface area (Å²) >= 11 is 0. The number of carbonyl (C=O) groups excluding carboxylic acids is 2. The van der Waals surface area contributed by atoms with Gasteiger partial charge in [-0.05, 0) is 30.3 Å². The second kappa shape index (κ2) is 8.23. The van der Waals surface area contributed by atoms with Crippen LogP contribution in [-0.2, 0) is 6.18 Å². The molecular weight excluding hydrogens is 403 g/mol. The molecule has 0 saturated carbocycles. The number of hydrogen-bond donors (Lipinski definition) is 2. The number of carbonyl (C=O) groups is 2. The third-order valence-corrected chi connectivity index (χ3v) is 4.12. The smallest absolute Gasteiger partial charge is 0.418 e. The molecular formula is C19H16F3N5O3. The highest BCUT2D eigenvalue weighted by Gasteiger charge is 2.34. The Bertz CT molecular complexity index is 1100. The van der Waals surface area contributed by atoms with Gasteiger partial charge in [0.05, 0.1) is 30.2 Å². The summed E-state index contributed by atoms with van der Waals surface area (Å²) in [7, 11) is 2.84. The van der Waals surface area contributed by atoms with E-state index in [0.717, 1.165) is 16.9 Å². The molecule has 30 heavy (non-hydrogen) atoms. The fraction of sp³-hybridized carbons (Fsp3) is 0.158. The maximum atomic E-state index is 13.2. The van der Waals surface area contributed by atoms with Crippen LogP contribution in [0, 0.1) is 0 Å². The van der Waals surface area contributed by atoms with Gasteiger partial charge in [0.1, 0.15) is 5.75 Å². The van der Waals surface area contributed by atoms with E-state index in [1.165, 1.54) is 50.6 Å². The lowest BCUT2D eigenvalue weighted by atomic mass is 10.1. The van der Waals surface area contributed by atoms with E-state index in [2.05, 4.69) is 20.9 Å². The highest BCUT2D eigenvalue weighted by molar-refractivity contribution is 6.04. The zero-order valence-corrected chi connectivity index (χ0v) is 15.8. The van der Waals surface area contributed by atoms with Crippen LogP contribution < -0.4 is 15.4 Å². The van der Waals surface area contributed by atoms with E-state index in [-0.39, 0.29) is 34.3 Å². The molecule has 0 atom stereocenters. The molecule has 0 aliphatic carbocycles. The molecule has 0 bridgehead atoms. The zero-order chi connectivity index (χ0) is 21.9. The van der Waals surface area contributed by atoms with Crippen molar-refractivity contribution < 1.29 is 27.5 Å². The van der Waals surface area contributed by atoms with Crippen molar-refractivity contribution in [1.82, 2.24) is 20.3 Å². The first-order valence-electron chi connectivity index (χ1n) is 8.55. The van der Waals surface area contributed by atoms with Gasteiger partial charge in [-0.3, -0.25) is 9.59 Å². The molecule has 0 radical (unpaired) electrons. The third-order valence-electron chi connectivity index (χ3n) is 4.12. The molecule has 8 nitrogen and oxygen atoms in total. The summed E-state index contributed by atoms with van der Waals surface area (Å²) < 4.78 is 45.7. The molecule has 2 aromatic carbocycles. The van der Waals surface area contributed by atoms with Crippen LogP contribution in [0.1, 0.15) is 26.4 Å². The van der Waals surface area contributed by atoms with Crippen LogP contribution in [-0.4, -0.2) is 41.0 Å². The largest absolute Gasteiger partial charge is 0.495 e. The minimum Gasteiger partial charge on any atom is -0.495 e. The molecule has 1 aromatic heterocycles. The van der Waals surface area contributed by atoms with Gasteiger partial charge in [0.2, 0.25) is 0 Å². The third kappa shape index (κ3) is 4.24. The summed E-state index contributed by atoms with van der Waals surface area (Å²) in [5, 5.41) is 12.3. The fourth-order valence-electron chi connectivity index (χ4n) is 2.68. The predicted octanol–water partition coefficient (Wildman–Crippen LogP) is 2.91. The minimum atomic E-state index is -4.60. The second-order valence-electron chi connectivity index (χ2n) is 6.01. The quantitative estimate of drug-likeness (QED) is 0.663. The monoisotopic (exact) mass is 419 g/mol. The van der Waals surface area contributed by atoms with Crippen molar-refractivity contribution in [1.29, 1.82) is 0 Å². The van der Waals surface area contributed by atoms with Crippen molar-refractivity contribution in [2.45, 2.75) is 6.18 Å². The van der Waals surface area contributed by atoms with E-state index in [1.54, 1.807) is 0 Å². The molecule has 0 aliphatic rings. The molecule has 0 fully saturated rings. The van der Waals surface area contributed by atoms with E-state index in [1.807, 2.05) is 0 Å². The number of rotatable bonds is 5. The molecule has 11 heteroatoms. The average molecular weight is 419 g/mol. The highest BCUT2D eigenvalue weighted by atomic mass is 19.4. The van der Waals surface area contributed by atoms with Crippen molar-refractivity contribution in [3.05, 3.63) is 65.5 Å². The minimum absolute atomic E-state index is 0.189. The summed E-state index contributed by atoms with van der Waals surface area (Å²) in [5.74, 6) is -0.827. The lowest BCUT2D eigenvalue weighted by Gasteiger charge is -2.11. The van der Waals surface area contributed by atoms with E-state index in [0.29, 0.717) is 0 Å². The lowest BCUT2D eigenvalue weighted by Crippen LogP contribution is -2.19. The molecule has 2 amide bonds. The summed E-state index contributed by atoms with van der Waals surface area (Å²) in [5.41, 5.74) is -0.942. The summed E-state index contributed by atoms with van der Waals surface area (Å²) in [4.78, 5) is 24.4. The first-order chi connectivity index (χ1) is 14.2. The van der Waals surface area contributed by atoms with Gasteiger partial charge in [-0.1, -0.05) is 17.3 Å². The van der Waals surface area contributed by atoms with Crippen LogP contribution in [0.3, 0.4) is 0 Å². The lowest BCUT2D eigenvalue weighted by molar-refractivity contribution is -0.137. The Morgan fingerprint density at radius 2 is 1.83 bits per heavy atom. The number of benzene rings is 2. The van der Waals surface area contributed by atoms with Gasteiger partial charge in [-0.15, -0.1) is 5.10 Å². The SMILES string of the molecule is CNC(=O)c1ccc(OC)c(NC(=O)c2cn(-c3ccccc3C(F)(F)F)nn2)c1. The molecule has 156 valence electrons. The first-order valence-corrected chi connectivity index (χ1v) is 8.55. The molecule has 3 rings (SSSR count). The molecule has 0 spiro atoms. The van der Waals surface area contributed by atoms with Crippen molar-refractivity contribution in [3.63, 3.8) is 0 Å². The normalized spacial score (nSPS) is 11.1. The number of methoxy groups -OCH3 is 1. The Kier molecular flexibility index (Phi) is 5.72. The summed E-state index contributed by atoms with van der Waals surface area (Å²) in [6.07, 6.45) is -3.52. The maximum Gasteiger partial charge on any atom is 0.418 e. The van der Waals surface area contributed by atoms with E-state index < -0.39 is 17.6 Å². The standard InChI is InChI=1S/C19H16F3N5O3/c1-23-17(28)11-7-8-16(30-2)13(9-11)24-18(29)14-10-27(26-25-14)15-6-4-3-5-12(15)19(20,21)22/h3-10H,1-2H3,(H,23,28)(H,24,29). The Labute approximate surface area is 168 Å². The molecule has 0 saturated heterocycles. The van der Waals surface area contributed by atoms with E-state index >= 15 is 0 Å².